The van der Waals surface area contributed by atoms with E-state index in [1.54, 1.807) is 0 Å². The largest absolute Gasteiger partial charge is 0.367 e. The van der Waals surface area contributed by atoms with Gasteiger partial charge < -0.3 is 5.73 Å². The lowest BCUT2D eigenvalue weighted by Gasteiger charge is -1.99. The summed E-state index contributed by atoms with van der Waals surface area (Å²) in [5, 5.41) is 7.33. The third kappa shape index (κ3) is 1.79. The zero-order valence-electron chi connectivity index (χ0n) is 9.33. The second kappa shape index (κ2) is 3.97. The van der Waals surface area contributed by atoms with Gasteiger partial charge in [-0.1, -0.05) is 0 Å². The summed E-state index contributed by atoms with van der Waals surface area (Å²) >= 11 is 0. The summed E-state index contributed by atoms with van der Waals surface area (Å²) in [6, 6.07) is 1.16. The molecule has 3 aromatic heterocycles. The van der Waals surface area contributed by atoms with E-state index in [4.69, 9.17) is 5.73 Å². The standard InChI is InChI=1S/C10H7F3N6/c11-6-1-7(5-2-16-18(4-5)9(12)13)19-8(6)3-15-10(14)17-19/h1-4,9H,(H2,14,17). The zero-order valence-corrected chi connectivity index (χ0v) is 9.33. The van der Waals surface area contributed by atoms with E-state index in [2.05, 4.69) is 15.2 Å². The summed E-state index contributed by atoms with van der Waals surface area (Å²) in [5.74, 6) is -0.620. The van der Waals surface area contributed by atoms with E-state index in [9.17, 15) is 13.2 Å². The third-order valence-corrected chi connectivity index (χ3v) is 2.58. The van der Waals surface area contributed by atoms with Crippen LogP contribution in [0, 0.1) is 5.82 Å². The fraction of sp³-hybridized carbons (Fsp3) is 0.100. The molecule has 0 aliphatic carbocycles. The van der Waals surface area contributed by atoms with Crippen LogP contribution < -0.4 is 5.73 Å². The number of nitrogens with zero attached hydrogens (tertiary/aromatic N) is 5. The smallest absolute Gasteiger partial charge is 0.333 e. The molecule has 3 heterocycles. The topological polar surface area (TPSA) is 74.0 Å². The summed E-state index contributed by atoms with van der Waals surface area (Å²) in [6.07, 6.45) is 3.52. The molecule has 0 unspecified atom stereocenters. The zero-order chi connectivity index (χ0) is 13.6. The van der Waals surface area contributed by atoms with Crippen LogP contribution in [-0.2, 0) is 0 Å². The highest BCUT2D eigenvalue weighted by molar-refractivity contribution is 5.66. The number of rotatable bonds is 2. The Balaban J connectivity index is 2.21. The quantitative estimate of drug-likeness (QED) is 0.767. The predicted octanol–water partition coefficient (Wildman–Crippen LogP) is 1.71. The molecule has 0 aliphatic rings. The van der Waals surface area contributed by atoms with Crippen LogP contribution in [0.4, 0.5) is 19.1 Å². The Bertz CT molecular complexity index is 747. The first-order chi connectivity index (χ1) is 9.06. The minimum atomic E-state index is -2.76. The van der Waals surface area contributed by atoms with Crippen molar-refractivity contribution in [3.63, 3.8) is 0 Å². The fourth-order valence-corrected chi connectivity index (χ4v) is 1.75. The van der Waals surface area contributed by atoms with Crippen LogP contribution in [-0.4, -0.2) is 24.4 Å². The molecule has 0 fully saturated rings. The SMILES string of the molecule is Nc1ncc2c(F)cc(-c3cnn(C(F)F)c3)n2n1. The summed E-state index contributed by atoms with van der Waals surface area (Å²) in [4.78, 5) is 3.67. The molecule has 9 heteroatoms. The lowest BCUT2D eigenvalue weighted by Crippen LogP contribution is -2.01. The number of nitrogen functional groups attached to an aromatic ring is 1. The van der Waals surface area contributed by atoms with Gasteiger partial charge in [-0.15, -0.1) is 5.10 Å². The molecule has 2 N–H and O–H groups in total. The van der Waals surface area contributed by atoms with Crippen LogP contribution in [0.15, 0.2) is 24.7 Å². The average molecular weight is 268 g/mol. The third-order valence-electron chi connectivity index (χ3n) is 2.58. The number of aromatic nitrogens is 5. The van der Waals surface area contributed by atoms with Crippen molar-refractivity contribution >= 4 is 11.5 Å². The molecule has 0 saturated heterocycles. The lowest BCUT2D eigenvalue weighted by atomic mass is 10.3. The van der Waals surface area contributed by atoms with E-state index in [1.807, 2.05) is 0 Å². The van der Waals surface area contributed by atoms with Gasteiger partial charge >= 0.3 is 6.55 Å². The normalized spacial score (nSPS) is 11.6. The molecule has 0 atom stereocenters. The second-order valence-electron chi connectivity index (χ2n) is 3.78. The Morgan fingerprint density at radius 1 is 1.26 bits per heavy atom. The molecular weight excluding hydrogens is 261 g/mol. The van der Waals surface area contributed by atoms with Gasteiger partial charge in [0.15, 0.2) is 5.82 Å². The van der Waals surface area contributed by atoms with Crippen LogP contribution >= 0.6 is 0 Å². The molecule has 0 bridgehead atoms. The predicted molar refractivity (Wildman–Crippen MR) is 59.8 cm³/mol. The Labute approximate surface area is 104 Å². The van der Waals surface area contributed by atoms with Gasteiger partial charge in [0.2, 0.25) is 5.95 Å². The van der Waals surface area contributed by atoms with Crippen molar-refractivity contribution in [3.8, 4) is 11.3 Å². The second-order valence-corrected chi connectivity index (χ2v) is 3.78. The summed E-state index contributed by atoms with van der Waals surface area (Å²) in [6.45, 7) is -2.76. The van der Waals surface area contributed by atoms with Crippen LogP contribution in [0.5, 0.6) is 0 Å². The maximum Gasteiger partial charge on any atom is 0.333 e. The number of nitrogens with two attached hydrogens (primary N) is 1. The van der Waals surface area contributed by atoms with Gasteiger partial charge in [0.1, 0.15) is 5.52 Å². The first-order valence-corrected chi connectivity index (χ1v) is 5.18. The van der Waals surface area contributed by atoms with Gasteiger partial charge in [-0.2, -0.15) is 13.9 Å². The molecule has 0 amide bonds. The molecule has 0 spiro atoms. The van der Waals surface area contributed by atoms with Crippen molar-refractivity contribution in [2.24, 2.45) is 0 Å². The van der Waals surface area contributed by atoms with Gasteiger partial charge in [0, 0.05) is 17.8 Å². The van der Waals surface area contributed by atoms with E-state index in [-0.39, 0.29) is 17.2 Å². The first-order valence-electron chi connectivity index (χ1n) is 5.18. The van der Waals surface area contributed by atoms with Crippen molar-refractivity contribution in [2.75, 3.05) is 5.73 Å². The first kappa shape index (κ1) is 11.5. The van der Waals surface area contributed by atoms with Crippen molar-refractivity contribution < 1.29 is 13.2 Å². The lowest BCUT2D eigenvalue weighted by molar-refractivity contribution is 0.0566. The Morgan fingerprint density at radius 3 is 2.74 bits per heavy atom. The van der Waals surface area contributed by atoms with Crippen LogP contribution in [0.1, 0.15) is 6.55 Å². The summed E-state index contributed by atoms with van der Waals surface area (Å²) in [5.41, 5.74) is 6.11. The number of hydrogen-bond donors (Lipinski definition) is 1. The van der Waals surface area contributed by atoms with Crippen molar-refractivity contribution in [1.29, 1.82) is 0 Å². The van der Waals surface area contributed by atoms with Gasteiger partial charge in [-0.05, 0) is 0 Å². The van der Waals surface area contributed by atoms with Crippen LogP contribution in [0.2, 0.25) is 0 Å². The van der Waals surface area contributed by atoms with Crippen molar-refractivity contribution in [3.05, 3.63) is 30.5 Å². The summed E-state index contributed by atoms with van der Waals surface area (Å²) < 4.78 is 40.2. The minimum absolute atomic E-state index is 0.0504. The fourth-order valence-electron chi connectivity index (χ4n) is 1.75. The number of halogens is 3. The van der Waals surface area contributed by atoms with E-state index >= 15 is 0 Å². The van der Waals surface area contributed by atoms with E-state index in [1.165, 1.54) is 16.9 Å². The van der Waals surface area contributed by atoms with Gasteiger partial charge in [-0.25, -0.2) is 18.6 Å². The Hall–Kier alpha value is -2.58. The maximum atomic E-state index is 13.7. The molecule has 19 heavy (non-hydrogen) atoms. The highest BCUT2D eigenvalue weighted by Gasteiger charge is 2.15. The van der Waals surface area contributed by atoms with Gasteiger partial charge in [-0.3, -0.25) is 0 Å². The van der Waals surface area contributed by atoms with Crippen molar-refractivity contribution in [1.82, 2.24) is 24.4 Å². The van der Waals surface area contributed by atoms with E-state index in [0.29, 0.717) is 10.2 Å². The van der Waals surface area contributed by atoms with Gasteiger partial charge in [0.05, 0.1) is 18.1 Å². The molecule has 98 valence electrons. The van der Waals surface area contributed by atoms with Crippen LogP contribution in [0.25, 0.3) is 16.8 Å². The van der Waals surface area contributed by atoms with E-state index < -0.39 is 12.4 Å². The number of alkyl halides is 2. The Kier molecular flexibility index (Phi) is 2.40. The molecule has 6 nitrogen and oxygen atoms in total. The molecule has 0 saturated carbocycles. The number of fused-ring (bicyclic) bond motifs is 1. The van der Waals surface area contributed by atoms with E-state index in [0.717, 1.165) is 12.3 Å². The molecule has 0 aliphatic heterocycles. The monoisotopic (exact) mass is 268 g/mol. The summed E-state index contributed by atoms with van der Waals surface area (Å²) in [7, 11) is 0. The van der Waals surface area contributed by atoms with Crippen LogP contribution in [0.3, 0.4) is 0 Å². The molecule has 0 radical (unpaired) electrons. The number of anilines is 1. The van der Waals surface area contributed by atoms with Gasteiger partial charge in [0.25, 0.3) is 0 Å². The minimum Gasteiger partial charge on any atom is -0.367 e. The maximum absolute atomic E-state index is 13.7. The molecule has 3 aromatic rings. The molecule has 0 aromatic carbocycles. The molecular formula is C10H7F3N6. The number of hydrogen-bond acceptors (Lipinski definition) is 4. The molecule has 3 rings (SSSR count). The Morgan fingerprint density at radius 2 is 2.05 bits per heavy atom. The highest BCUT2D eigenvalue weighted by Crippen LogP contribution is 2.25. The van der Waals surface area contributed by atoms with Crippen molar-refractivity contribution in [2.45, 2.75) is 6.55 Å². The average Bonchev–Trinajstić information content (AvgIpc) is 2.94. The highest BCUT2D eigenvalue weighted by atomic mass is 19.3.